The molecule has 0 fully saturated rings. The molecule has 0 spiro atoms. The topological polar surface area (TPSA) is 61.0 Å². The van der Waals surface area contributed by atoms with E-state index < -0.39 is 4.92 Å². The Labute approximate surface area is 115 Å². The number of nitrogens with zero attached hydrogens (tertiary/aromatic N) is 3. The summed E-state index contributed by atoms with van der Waals surface area (Å²) in [7, 11) is 0. The number of nitro groups is 1. The van der Waals surface area contributed by atoms with Gasteiger partial charge in [-0.25, -0.2) is 4.98 Å². The number of rotatable bonds is 3. The van der Waals surface area contributed by atoms with Crippen LogP contribution >= 0.6 is 0 Å². The first kappa shape index (κ1) is 12.3. The van der Waals surface area contributed by atoms with Crippen molar-refractivity contribution in [3.63, 3.8) is 0 Å². The lowest BCUT2D eigenvalue weighted by molar-refractivity contribution is -0.384. The molecule has 0 bridgehead atoms. The quantitative estimate of drug-likeness (QED) is 0.538. The first-order valence-electron chi connectivity index (χ1n) is 6.33. The highest BCUT2D eigenvalue weighted by atomic mass is 16.6. The highest BCUT2D eigenvalue weighted by molar-refractivity contribution is 5.78. The van der Waals surface area contributed by atoms with Gasteiger partial charge in [-0.05, 0) is 18.6 Å². The molecule has 0 radical (unpaired) electrons. The van der Waals surface area contributed by atoms with Crippen LogP contribution in [0.5, 0.6) is 0 Å². The number of non-ortho nitro benzene ring substituents is 1. The zero-order chi connectivity index (χ0) is 14.1. The molecule has 0 aliphatic rings. The second-order valence-electron chi connectivity index (χ2n) is 4.67. The van der Waals surface area contributed by atoms with E-state index in [2.05, 4.69) is 24.0 Å². The number of benzene rings is 2. The van der Waals surface area contributed by atoms with Gasteiger partial charge in [0.15, 0.2) is 0 Å². The number of hydrogen-bond acceptors (Lipinski definition) is 3. The fourth-order valence-corrected chi connectivity index (χ4v) is 2.33. The van der Waals surface area contributed by atoms with Gasteiger partial charge >= 0.3 is 0 Å². The Bertz CT molecular complexity index is 765. The highest BCUT2D eigenvalue weighted by Gasteiger charge is 2.14. The maximum absolute atomic E-state index is 10.8. The fourth-order valence-electron chi connectivity index (χ4n) is 2.33. The minimum Gasteiger partial charge on any atom is -0.323 e. The molecule has 0 aliphatic heterocycles. The van der Waals surface area contributed by atoms with Crippen molar-refractivity contribution in [3.8, 4) is 0 Å². The first-order chi connectivity index (χ1) is 9.66. The van der Waals surface area contributed by atoms with Gasteiger partial charge in [0.05, 0.1) is 28.3 Å². The first-order valence-corrected chi connectivity index (χ1v) is 6.33. The van der Waals surface area contributed by atoms with Gasteiger partial charge in [-0.3, -0.25) is 10.1 Å². The molecule has 20 heavy (non-hydrogen) atoms. The van der Waals surface area contributed by atoms with E-state index in [4.69, 9.17) is 0 Å². The molecule has 0 saturated heterocycles. The van der Waals surface area contributed by atoms with E-state index in [0.29, 0.717) is 5.52 Å². The zero-order valence-electron chi connectivity index (χ0n) is 10.9. The van der Waals surface area contributed by atoms with Crippen LogP contribution in [-0.4, -0.2) is 14.5 Å². The van der Waals surface area contributed by atoms with Crippen molar-refractivity contribution in [1.29, 1.82) is 0 Å². The van der Waals surface area contributed by atoms with Gasteiger partial charge in [-0.1, -0.05) is 30.3 Å². The lowest BCUT2D eigenvalue weighted by Gasteiger charge is -2.14. The summed E-state index contributed by atoms with van der Waals surface area (Å²) in [6.45, 7) is 2.08. The third-order valence-electron chi connectivity index (χ3n) is 3.47. The lowest BCUT2D eigenvalue weighted by atomic mass is 10.1. The molecule has 100 valence electrons. The van der Waals surface area contributed by atoms with Crippen LogP contribution in [0.25, 0.3) is 11.0 Å². The predicted octanol–water partition coefficient (Wildman–Crippen LogP) is 3.55. The van der Waals surface area contributed by atoms with Gasteiger partial charge in [-0.15, -0.1) is 0 Å². The molecule has 3 rings (SSSR count). The van der Waals surface area contributed by atoms with Crippen LogP contribution in [0.1, 0.15) is 18.5 Å². The molecule has 0 N–H and O–H groups in total. The van der Waals surface area contributed by atoms with Crippen LogP contribution in [0.3, 0.4) is 0 Å². The normalized spacial score (nSPS) is 12.4. The SMILES string of the molecule is C[C@H](c1ccccc1)n1cnc2cc([N+](=O)[O-])ccc21. The van der Waals surface area contributed by atoms with Crippen molar-refractivity contribution in [2.75, 3.05) is 0 Å². The van der Waals surface area contributed by atoms with Gasteiger partial charge in [0.25, 0.3) is 5.69 Å². The highest BCUT2D eigenvalue weighted by Crippen LogP contribution is 2.25. The summed E-state index contributed by atoms with van der Waals surface area (Å²) < 4.78 is 2.02. The summed E-state index contributed by atoms with van der Waals surface area (Å²) in [4.78, 5) is 14.6. The molecular formula is C15H13N3O2. The van der Waals surface area contributed by atoms with Crippen LogP contribution in [0, 0.1) is 10.1 Å². The van der Waals surface area contributed by atoms with Gasteiger partial charge in [-0.2, -0.15) is 0 Å². The summed E-state index contributed by atoms with van der Waals surface area (Å²) in [5.41, 5.74) is 2.77. The minimum atomic E-state index is -0.404. The number of aromatic nitrogens is 2. The summed E-state index contributed by atoms with van der Waals surface area (Å²) in [5.74, 6) is 0. The second kappa shape index (κ2) is 4.77. The Hall–Kier alpha value is -2.69. The molecule has 3 aromatic rings. The van der Waals surface area contributed by atoms with E-state index >= 15 is 0 Å². The van der Waals surface area contributed by atoms with Crippen molar-refractivity contribution in [1.82, 2.24) is 9.55 Å². The van der Waals surface area contributed by atoms with Crippen molar-refractivity contribution >= 4 is 16.7 Å². The molecular weight excluding hydrogens is 254 g/mol. The second-order valence-corrected chi connectivity index (χ2v) is 4.67. The van der Waals surface area contributed by atoms with E-state index in [1.54, 1.807) is 12.4 Å². The summed E-state index contributed by atoms with van der Waals surface area (Å²) in [6.07, 6.45) is 1.73. The average Bonchev–Trinajstić information content (AvgIpc) is 2.90. The molecule has 0 amide bonds. The maximum Gasteiger partial charge on any atom is 0.271 e. The van der Waals surface area contributed by atoms with Gasteiger partial charge in [0, 0.05) is 12.1 Å². The number of imidazole rings is 1. The lowest BCUT2D eigenvalue weighted by Crippen LogP contribution is -2.05. The number of hydrogen-bond donors (Lipinski definition) is 0. The van der Waals surface area contributed by atoms with Crippen LogP contribution in [-0.2, 0) is 0 Å². The molecule has 1 atom stereocenters. The molecule has 2 aromatic carbocycles. The van der Waals surface area contributed by atoms with Gasteiger partial charge in [0.2, 0.25) is 0 Å². The van der Waals surface area contributed by atoms with Crippen LogP contribution < -0.4 is 0 Å². The van der Waals surface area contributed by atoms with Crippen molar-refractivity contribution in [2.45, 2.75) is 13.0 Å². The third-order valence-corrected chi connectivity index (χ3v) is 3.47. The van der Waals surface area contributed by atoms with Crippen molar-refractivity contribution in [2.24, 2.45) is 0 Å². The number of fused-ring (bicyclic) bond motifs is 1. The van der Waals surface area contributed by atoms with E-state index in [1.807, 2.05) is 22.8 Å². The maximum atomic E-state index is 10.8. The Kier molecular flexibility index (Phi) is 2.95. The molecule has 5 nitrogen and oxygen atoms in total. The summed E-state index contributed by atoms with van der Waals surface area (Å²) >= 11 is 0. The van der Waals surface area contributed by atoms with Crippen LogP contribution in [0.4, 0.5) is 5.69 Å². The molecule has 0 aliphatic carbocycles. The smallest absolute Gasteiger partial charge is 0.271 e. The Morgan fingerprint density at radius 2 is 1.95 bits per heavy atom. The zero-order valence-corrected chi connectivity index (χ0v) is 10.9. The van der Waals surface area contributed by atoms with Gasteiger partial charge < -0.3 is 4.57 Å². The van der Waals surface area contributed by atoms with Crippen LogP contribution in [0.15, 0.2) is 54.9 Å². The van der Waals surface area contributed by atoms with Gasteiger partial charge in [0.1, 0.15) is 0 Å². The molecule has 1 heterocycles. The fraction of sp³-hybridized carbons (Fsp3) is 0.133. The average molecular weight is 267 g/mol. The van der Waals surface area contributed by atoms with Crippen LogP contribution in [0.2, 0.25) is 0 Å². The number of nitro benzene ring substituents is 1. The molecule has 0 unspecified atom stereocenters. The monoisotopic (exact) mass is 267 g/mol. The standard InChI is InChI=1S/C15H13N3O2/c1-11(12-5-3-2-4-6-12)17-10-16-14-9-13(18(19)20)7-8-15(14)17/h2-11H,1H3/t11-/m1/s1. The summed E-state index contributed by atoms with van der Waals surface area (Å²) in [6, 6.07) is 15.0. The van der Waals surface area contributed by atoms with E-state index in [1.165, 1.54) is 17.7 Å². The largest absolute Gasteiger partial charge is 0.323 e. The molecule has 5 heteroatoms. The van der Waals surface area contributed by atoms with E-state index in [0.717, 1.165) is 5.52 Å². The predicted molar refractivity (Wildman–Crippen MR) is 76.6 cm³/mol. The Morgan fingerprint density at radius 1 is 1.20 bits per heavy atom. The van der Waals surface area contributed by atoms with E-state index in [-0.39, 0.29) is 11.7 Å². The molecule has 0 saturated carbocycles. The van der Waals surface area contributed by atoms with Crippen molar-refractivity contribution in [3.05, 3.63) is 70.5 Å². The Balaban J connectivity index is 2.07. The minimum absolute atomic E-state index is 0.0649. The summed E-state index contributed by atoms with van der Waals surface area (Å²) in [5, 5.41) is 10.8. The Morgan fingerprint density at radius 3 is 2.65 bits per heavy atom. The van der Waals surface area contributed by atoms with E-state index in [9.17, 15) is 10.1 Å². The third kappa shape index (κ3) is 2.03. The molecule has 1 aromatic heterocycles. The van der Waals surface area contributed by atoms with Crippen molar-refractivity contribution < 1.29 is 4.92 Å².